The number of carbonyl (C=O) groups is 1. The number of nitrogens with one attached hydrogen (secondary N) is 1. The molecule has 2 unspecified atom stereocenters. The molecule has 0 spiro atoms. The van der Waals surface area contributed by atoms with Crippen LogP contribution >= 0.6 is 0 Å². The summed E-state index contributed by atoms with van der Waals surface area (Å²) in [7, 11) is 1.88. The molecule has 1 fully saturated rings. The van der Waals surface area contributed by atoms with Crippen molar-refractivity contribution in [1.29, 1.82) is 0 Å². The molecule has 0 aliphatic carbocycles. The standard InChI is InChI=1S/C9H19N3O2/c1-11-8-4-7(2-3-13)5-12(6-8)9(10)14/h7-8,11,13H,2-6H2,1H3,(H2,10,14). The number of likely N-dealkylation sites (N-methyl/N-ethyl adjacent to an activating group) is 1. The third kappa shape index (κ3) is 2.85. The maximum Gasteiger partial charge on any atom is 0.314 e. The van der Waals surface area contributed by atoms with Crippen LogP contribution in [0.5, 0.6) is 0 Å². The van der Waals surface area contributed by atoms with Gasteiger partial charge >= 0.3 is 6.03 Å². The van der Waals surface area contributed by atoms with E-state index in [9.17, 15) is 4.79 Å². The molecule has 4 N–H and O–H groups in total. The number of aliphatic hydroxyl groups is 1. The zero-order valence-corrected chi connectivity index (χ0v) is 8.57. The van der Waals surface area contributed by atoms with E-state index in [0.29, 0.717) is 25.0 Å². The average molecular weight is 201 g/mol. The Kier molecular flexibility index (Phi) is 4.16. The second kappa shape index (κ2) is 5.17. The summed E-state index contributed by atoms with van der Waals surface area (Å²) in [5, 5.41) is 12.0. The lowest BCUT2D eigenvalue weighted by atomic mass is 9.92. The van der Waals surface area contributed by atoms with Crippen molar-refractivity contribution < 1.29 is 9.90 Å². The Balaban J connectivity index is 2.52. The molecule has 2 amide bonds. The molecule has 1 rings (SSSR count). The van der Waals surface area contributed by atoms with E-state index in [0.717, 1.165) is 12.8 Å². The van der Waals surface area contributed by atoms with Gasteiger partial charge in [-0.15, -0.1) is 0 Å². The summed E-state index contributed by atoms with van der Waals surface area (Å²) in [6.45, 7) is 1.52. The minimum Gasteiger partial charge on any atom is -0.396 e. The van der Waals surface area contributed by atoms with Gasteiger partial charge in [-0.25, -0.2) is 4.79 Å². The minimum atomic E-state index is -0.368. The fraction of sp³-hybridized carbons (Fsp3) is 0.889. The second-order valence-electron chi connectivity index (χ2n) is 3.84. The molecule has 1 aliphatic rings. The number of piperidine rings is 1. The Morgan fingerprint density at radius 2 is 2.36 bits per heavy atom. The van der Waals surface area contributed by atoms with E-state index < -0.39 is 0 Å². The van der Waals surface area contributed by atoms with E-state index in [4.69, 9.17) is 10.8 Å². The van der Waals surface area contributed by atoms with E-state index in [1.165, 1.54) is 0 Å². The predicted molar refractivity (Wildman–Crippen MR) is 53.8 cm³/mol. The van der Waals surface area contributed by atoms with Crippen LogP contribution < -0.4 is 11.1 Å². The van der Waals surface area contributed by atoms with Crippen LogP contribution in [0.2, 0.25) is 0 Å². The molecule has 5 heteroatoms. The van der Waals surface area contributed by atoms with Gasteiger partial charge in [0.15, 0.2) is 0 Å². The summed E-state index contributed by atoms with van der Waals surface area (Å²) in [5.74, 6) is 0.360. The lowest BCUT2D eigenvalue weighted by Crippen LogP contribution is -2.52. The van der Waals surface area contributed by atoms with Crippen LogP contribution in [0, 0.1) is 5.92 Å². The van der Waals surface area contributed by atoms with Crippen molar-refractivity contribution in [3.8, 4) is 0 Å². The second-order valence-corrected chi connectivity index (χ2v) is 3.84. The van der Waals surface area contributed by atoms with Crippen molar-refractivity contribution in [1.82, 2.24) is 10.2 Å². The summed E-state index contributed by atoms with van der Waals surface area (Å²) in [6.07, 6.45) is 1.74. The Bertz CT molecular complexity index is 198. The van der Waals surface area contributed by atoms with Crippen LogP contribution in [0.1, 0.15) is 12.8 Å². The minimum absolute atomic E-state index is 0.174. The van der Waals surface area contributed by atoms with E-state index in [-0.39, 0.29) is 12.6 Å². The molecule has 0 aromatic rings. The van der Waals surface area contributed by atoms with Gasteiger partial charge < -0.3 is 21.1 Å². The quantitative estimate of drug-likeness (QED) is 0.568. The SMILES string of the molecule is CNC1CC(CCO)CN(C(N)=O)C1. The number of primary amides is 1. The predicted octanol–water partition coefficient (Wildman–Crippen LogP) is -0.643. The van der Waals surface area contributed by atoms with E-state index in [2.05, 4.69) is 5.32 Å². The Hall–Kier alpha value is -0.810. The zero-order valence-electron chi connectivity index (χ0n) is 8.57. The highest BCUT2D eigenvalue weighted by Gasteiger charge is 2.27. The van der Waals surface area contributed by atoms with Gasteiger partial charge in [-0.05, 0) is 25.8 Å². The van der Waals surface area contributed by atoms with Crippen molar-refractivity contribution in [2.45, 2.75) is 18.9 Å². The van der Waals surface area contributed by atoms with Gasteiger partial charge in [0.1, 0.15) is 0 Å². The maximum absolute atomic E-state index is 11.0. The molecule has 0 bridgehead atoms. The maximum atomic E-state index is 11.0. The summed E-state index contributed by atoms with van der Waals surface area (Å²) < 4.78 is 0. The van der Waals surface area contributed by atoms with E-state index in [1.54, 1.807) is 4.90 Å². The number of nitrogens with zero attached hydrogens (tertiary/aromatic N) is 1. The highest BCUT2D eigenvalue weighted by molar-refractivity contribution is 5.72. The molecule has 0 radical (unpaired) electrons. The van der Waals surface area contributed by atoms with Gasteiger partial charge in [0, 0.05) is 25.7 Å². The highest BCUT2D eigenvalue weighted by atomic mass is 16.3. The average Bonchev–Trinajstić information content (AvgIpc) is 2.17. The summed E-state index contributed by atoms with van der Waals surface area (Å²) >= 11 is 0. The number of hydrogen-bond donors (Lipinski definition) is 3. The first kappa shape index (κ1) is 11.3. The number of amides is 2. The zero-order chi connectivity index (χ0) is 10.6. The number of aliphatic hydroxyl groups excluding tert-OH is 1. The van der Waals surface area contributed by atoms with Crippen LogP contribution in [0.15, 0.2) is 0 Å². The Morgan fingerprint density at radius 3 is 2.86 bits per heavy atom. The van der Waals surface area contributed by atoms with Gasteiger partial charge in [-0.2, -0.15) is 0 Å². The smallest absolute Gasteiger partial charge is 0.314 e. The molecule has 2 atom stereocenters. The number of likely N-dealkylation sites (tertiary alicyclic amines) is 1. The molecule has 82 valence electrons. The van der Waals surface area contributed by atoms with Gasteiger partial charge in [-0.1, -0.05) is 0 Å². The van der Waals surface area contributed by atoms with Crippen LogP contribution in [0.3, 0.4) is 0 Å². The number of nitrogens with two attached hydrogens (primary N) is 1. The highest BCUT2D eigenvalue weighted by Crippen LogP contribution is 2.19. The third-order valence-corrected chi connectivity index (χ3v) is 2.79. The lowest BCUT2D eigenvalue weighted by molar-refractivity contribution is 0.138. The van der Waals surface area contributed by atoms with Gasteiger partial charge in [0.25, 0.3) is 0 Å². The normalized spacial score (nSPS) is 27.7. The molecule has 0 saturated carbocycles. The molecule has 5 nitrogen and oxygen atoms in total. The van der Waals surface area contributed by atoms with E-state index >= 15 is 0 Å². The number of rotatable bonds is 3. The van der Waals surface area contributed by atoms with Crippen molar-refractivity contribution in [2.75, 3.05) is 26.7 Å². The fourth-order valence-corrected chi connectivity index (χ4v) is 1.98. The topological polar surface area (TPSA) is 78.6 Å². The van der Waals surface area contributed by atoms with Crippen LogP contribution in [0.25, 0.3) is 0 Å². The number of hydrogen-bond acceptors (Lipinski definition) is 3. The molecule has 0 aromatic heterocycles. The summed E-state index contributed by atoms with van der Waals surface area (Å²) in [6, 6.07) is -0.0688. The molecule has 14 heavy (non-hydrogen) atoms. The first-order valence-corrected chi connectivity index (χ1v) is 5.00. The van der Waals surface area contributed by atoms with Crippen LogP contribution in [-0.4, -0.2) is 48.8 Å². The fourth-order valence-electron chi connectivity index (χ4n) is 1.98. The van der Waals surface area contributed by atoms with Gasteiger partial charge in [0.05, 0.1) is 0 Å². The molecule has 1 aliphatic heterocycles. The van der Waals surface area contributed by atoms with Crippen LogP contribution in [-0.2, 0) is 0 Å². The van der Waals surface area contributed by atoms with E-state index in [1.807, 2.05) is 7.05 Å². The summed E-state index contributed by atoms with van der Waals surface area (Å²) in [5.41, 5.74) is 5.24. The number of carbonyl (C=O) groups excluding carboxylic acids is 1. The van der Waals surface area contributed by atoms with Crippen molar-refractivity contribution >= 4 is 6.03 Å². The Morgan fingerprint density at radius 1 is 1.64 bits per heavy atom. The lowest BCUT2D eigenvalue weighted by Gasteiger charge is -2.36. The molecule has 0 aromatic carbocycles. The molecule has 1 saturated heterocycles. The molecular weight excluding hydrogens is 182 g/mol. The monoisotopic (exact) mass is 201 g/mol. The van der Waals surface area contributed by atoms with Crippen molar-refractivity contribution in [2.24, 2.45) is 11.7 Å². The summed E-state index contributed by atoms with van der Waals surface area (Å²) in [4.78, 5) is 12.7. The number of urea groups is 1. The van der Waals surface area contributed by atoms with Gasteiger partial charge in [-0.3, -0.25) is 0 Å². The first-order chi connectivity index (χ1) is 6.67. The van der Waals surface area contributed by atoms with Crippen LogP contribution in [0.4, 0.5) is 4.79 Å². The Labute approximate surface area is 84.3 Å². The molecule has 1 heterocycles. The molecular formula is C9H19N3O2. The first-order valence-electron chi connectivity index (χ1n) is 5.00. The van der Waals surface area contributed by atoms with Crippen molar-refractivity contribution in [3.05, 3.63) is 0 Å². The third-order valence-electron chi connectivity index (χ3n) is 2.79. The van der Waals surface area contributed by atoms with Crippen molar-refractivity contribution in [3.63, 3.8) is 0 Å². The van der Waals surface area contributed by atoms with Gasteiger partial charge in [0.2, 0.25) is 0 Å². The largest absolute Gasteiger partial charge is 0.396 e.